The predicted octanol–water partition coefficient (Wildman–Crippen LogP) is 2.33. The largest absolute Gasteiger partial charge is 0.481 e. The second kappa shape index (κ2) is 5.70. The van der Waals surface area contributed by atoms with E-state index in [4.69, 9.17) is 5.11 Å². The minimum atomic E-state index is -3.56. The lowest BCUT2D eigenvalue weighted by molar-refractivity contribution is -0.142. The fraction of sp³-hybridized carbons (Fsp3) is 0.312. The van der Waals surface area contributed by atoms with Gasteiger partial charge in [-0.15, -0.1) is 0 Å². The topological polar surface area (TPSA) is 74.7 Å². The number of rotatable bonds is 3. The van der Waals surface area contributed by atoms with Gasteiger partial charge in [-0.3, -0.25) is 4.79 Å². The highest BCUT2D eigenvalue weighted by Crippen LogP contribution is 2.26. The monoisotopic (exact) mass is 319 g/mol. The molecule has 1 heterocycles. The summed E-state index contributed by atoms with van der Waals surface area (Å²) < 4.78 is 26.8. The van der Waals surface area contributed by atoms with E-state index < -0.39 is 21.9 Å². The van der Waals surface area contributed by atoms with Crippen molar-refractivity contribution in [3.05, 3.63) is 42.5 Å². The molecule has 1 fully saturated rings. The minimum absolute atomic E-state index is 0.256. The van der Waals surface area contributed by atoms with Crippen molar-refractivity contribution in [3.8, 4) is 0 Å². The maximum atomic E-state index is 12.7. The van der Waals surface area contributed by atoms with E-state index in [2.05, 4.69) is 0 Å². The number of benzene rings is 2. The van der Waals surface area contributed by atoms with Crippen LogP contribution in [0.4, 0.5) is 0 Å². The highest BCUT2D eigenvalue weighted by molar-refractivity contribution is 7.89. The summed E-state index contributed by atoms with van der Waals surface area (Å²) in [6.07, 6.45) is 0.726. The first-order chi connectivity index (χ1) is 10.5. The molecule has 2 aromatic carbocycles. The van der Waals surface area contributed by atoms with Crippen LogP contribution in [0.5, 0.6) is 0 Å². The van der Waals surface area contributed by atoms with Crippen LogP contribution in [-0.2, 0) is 14.8 Å². The summed E-state index contributed by atoms with van der Waals surface area (Å²) >= 11 is 0. The lowest BCUT2D eigenvalue weighted by atomic mass is 9.99. The Morgan fingerprint density at radius 2 is 1.68 bits per heavy atom. The molecule has 1 aliphatic heterocycles. The number of hydrogen-bond acceptors (Lipinski definition) is 3. The molecular formula is C16H17NO4S. The van der Waals surface area contributed by atoms with Crippen molar-refractivity contribution < 1.29 is 18.3 Å². The summed E-state index contributed by atoms with van der Waals surface area (Å²) in [5.41, 5.74) is 0. The normalized spacial score (nSPS) is 17.6. The van der Waals surface area contributed by atoms with Crippen LogP contribution in [-0.4, -0.2) is 36.9 Å². The number of hydrogen-bond donors (Lipinski definition) is 1. The van der Waals surface area contributed by atoms with Crippen molar-refractivity contribution in [1.29, 1.82) is 0 Å². The fourth-order valence-corrected chi connectivity index (χ4v) is 4.33. The Bertz CT molecular complexity index is 808. The van der Waals surface area contributed by atoms with Crippen molar-refractivity contribution in [2.24, 2.45) is 5.92 Å². The van der Waals surface area contributed by atoms with E-state index in [1.54, 1.807) is 18.2 Å². The first-order valence-corrected chi connectivity index (χ1v) is 8.64. The van der Waals surface area contributed by atoms with Gasteiger partial charge < -0.3 is 5.11 Å². The second-order valence-electron chi connectivity index (χ2n) is 5.53. The van der Waals surface area contributed by atoms with Crippen molar-refractivity contribution in [1.82, 2.24) is 4.31 Å². The van der Waals surface area contributed by atoms with Gasteiger partial charge in [0.1, 0.15) is 0 Å². The molecular weight excluding hydrogens is 302 g/mol. The third-order valence-electron chi connectivity index (χ3n) is 4.16. The SMILES string of the molecule is O=C(O)C1CCN(S(=O)(=O)c2ccc3ccccc3c2)CC1. The number of aliphatic carboxylic acids is 1. The van der Waals surface area contributed by atoms with Gasteiger partial charge in [0.25, 0.3) is 0 Å². The number of fused-ring (bicyclic) bond motifs is 1. The van der Waals surface area contributed by atoms with Crippen molar-refractivity contribution in [2.75, 3.05) is 13.1 Å². The molecule has 1 saturated heterocycles. The van der Waals surface area contributed by atoms with Gasteiger partial charge in [0, 0.05) is 13.1 Å². The molecule has 0 spiro atoms. The Morgan fingerprint density at radius 1 is 1.05 bits per heavy atom. The maximum absolute atomic E-state index is 12.7. The van der Waals surface area contributed by atoms with Crippen LogP contribution in [0.3, 0.4) is 0 Å². The van der Waals surface area contributed by atoms with Crippen LogP contribution in [0.15, 0.2) is 47.4 Å². The quantitative estimate of drug-likeness (QED) is 0.942. The summed E-state index contributed by atoms with van der Waals surface area (Å²) in [7, 11) is -3.56. The van der Waals surface area contributed by atoms with E-state index in [9.17, 15) is 13.2 Å². The molecule has 0 atom stereocenters. The lowest BCUT2D eigenvalue weighted by Gasteiger charge is -2.29. The van der Waals surface area contributed by atoms with Gasteiger partial charge in [0.05, 0.1) is 10.8 Å². The number of nitrogens with zero attached hydrogens (tertiary/aromatic N) is 1. The highest BCUT2D eigenvalue weighted by atomic mass is 32.2. The van der Waals surface area contributed by atoms with E-state index in [0.717, 1.165) is 10.8 Å². The second-order valence-corrected chi connectivity index (χ2v) is 7.46. The standard InChI is InChI=1S/C16H17NO4S/c18-16(19)13-7-9-17(10-8-13)22(20,21)15-6-5-12-3-1-2-4-14(12)11-15/h1-6,11,13H,7-10H2,(H,18,19). The van der Waals surface area contributed by atoms with E-state index in [0.29, 0.717) is 12.8 Å². The van der Waals surface area contributed by atoms with Crippen molar-refractivity contribution >= 4 is 26.8 Å². The molecule has 22 heavy (non-hydrogen) atoms. The Morgan fingerprint density at radius 3 is 2.32 bits per heavy atom. The van der Waals surface area contributed by atoms with Crippen LogP contribution in [0.25, 0.3) is 10.8 Å². The lowest BCUT2D eigenvalue weighted by Crippen LogP contribution is -2.40. The Labute approximate surface area is 129 Å². The number of sulfonamides is 1. The molecule has 1 aliphatic rings. The van der Waals surface area contributed by atoms with Crippen LogP contribution >= 0.6 is 0 Å². The third-order valence-corrected chi connectivity index (χ3v) is 6.06. The van der Waals surface area contributed by atoms with E-state index in [1.807, 2.05) is 24.3 Å². The molecule has 0 saturated carbocycles. The van der Waals surface area contributed by atoms with Crippen molar-refractivity contribution in [3.63, 3.8) is 0 Å². The number of carboxylic acids is 1. The molecule has 6 heteroatoms. The van der Waals surface area contributed by atoms with E-state index >= 15 is 0 Å². The van der Waals surface area contributed by atoms with Crippen LogP contribution < -0.4 is 0 Å². The van der Waals surface area contributed by atoms with Crippen LogP contribution in [0.2, 0.25) is 0 Å². The van der Waals surface area contributed by atoms with Gasteiger partial charge >= 0.3 is 5.97 Å². The highest BCUT2D eigenvalue weighted by Gasteiger charge is 2.31. The zero-order valence-corrected chi connectivity index (χ0v) is 12.8. The Hall–Kier alpha value is -1.92. The number of carboxylic acid groups (broad SMARTS) is 1. The fourth-order valence-electron chi connectivity index (χ4n) is 2.82. The van der Waals surface area contributed by atoms with Crippen LogP contribution in [0.1, 0.15) is 12.8 Å². The van der Waals surface area contributed by atoms with Gasteiger partial charge in [-0.1, -0.05) is 30.3 Å². The van der Waals surface area contributed by atoms with Crippen LogP contribution in [0, 0.1) is 5.92 Å². The summed E-state index contributed by atoms with van der Waals surface area (Å²) in [6, 6.07) is 12.7. The molecule has 0 unspecified atom stereocenters. The molecule has 2 aromatic rings. The number of piperidine rings is 1. The predicted molar refractivity (Wildman–Crippen MR) is 83.1 cm³/mol. The average Bonchev–Trinajstić information content (AvgIpc) is 2.54. The molecule has 0 bridgehead atoms. The van der Waals surface area contributed by atoms with Gasteiger partial charge in [-0.05, 0) is 35.7 Å². The Balaban J connectivity index is 1.87. The van der Waals surface area contributed by atoms with Crippen molar-refractivity contribution in [2.45, 2.75) is 17.7 Å². The molecule has 0 aliphatic carbocycles. The average molecular weight is 319 g/mol. The zero-order valence-electron chi connectivity index (χ0n) is 12.0. The zero-order chi connectivity index (χ0) is 15.7. The third kappa shape index (κ3) is 2.71. The summed E-state index contributed by atoms with van der Waals surface area (Å²) in [6.45, 7) is 0.512. The van der Waals surface area contributed by atoms with Gasteiger partial charge in [-0.25, -0.2) is 8.42 Å². The minimum Gasteiger partial charge on any atom is -0.481 e. The number of carbonyl (C=O) groups is 1. The molecule has 1 N–H and O–H groups in total. The summed E-state index contributed by atoms with van der Waals surface area (Å²) in [4.78, 5) is 11.2. The first-order valence-electron chi connectivity index (χ1n) is 7.20. The van der Waals surface area contributed by atoms with Gasteiger partial charge in [0.2, 0.25) is 10.0 Å². The smallest absolute Gasteiger partial charge is 0.306 e. The summed E-state index contributed by atoms with van der Waals surface area (Å²) in [5, 5.41) is 10.9. The summed E-state index contributed by atoms with van der Waals surface area (Å²) in [5.74, 6) is -1.29. The molecule has 3 rings (SSSR count). The molecule has 116 valence electrons. The molecule has 0 amide bonds. The van der Waals surface area contributed by atoms with E-state index in [1.165, 1.54) is 4.31 Å². The first kappa shape index (κ1) is 15.0. The molecule has 0 aromatic heterocycles. The molecule has 5 nitrogen and oxygen atoms in total. The van der Waals surface area contributed by atoms with Gasteiger partial charge in [0.15, 0.2) is 0 Å². The van der Waals surface area contributed by atoms with Gasteiger partial charge in [-0.2, -0.15) is 4.31 Å². The molecule has 0 radical (unpaired) electrons. The Kier molecular flexibility index (Phi) is 3.88. The maximum Gasteiger partial charge on any atom is 0.306 e. The van der Waals surface area contributed by atoms with E-state index in [-0.39, 0.29) is 18.0 Å².